The number of benzene rings is 1. The molecule has 1 aliphatic rings. The molecule has 2 N–H and O–H groups in total. The molecule has 0 bridgehead atoms. The van der Waals surface area contributed by atoms with E-state index in [-0.39, 0.29) is 0 Å². The van der Waals surface area contributed by atoms with Crippen molar-refractivity contribution >= 4 is 0 Å². The summed E-state index contributed by atoms with van der Waals surface area (Å²) in [4.78, 5) is 8.13. The summed E-state index contributed by atoms with van der Waals surface area (Å²) in [6.45, 7) is 5.22. The summed E-state index contributed by atoms with van der Waals surface area (Å²) in [5.41, 5.74) is 4.72. The third-order valence-corrected chi connectivity index (χ3v) is 3.63. The fourth-order valence-corrected chi connectivity index (χ4v) is 2.32. The molecule has 2 aromatic rings. The normalized spacial score (nSPS) is 14.8. The zero-order valence-corrected chi connectivity index (χ0v) is 11.7. The van der Waals surface area contributed by atoms with Crippen molar-refractivity contribution in [1.82, 2.24) is 15.3 Å². The van der Waals surface area contributed by atoms with Crippen molar-refractivity contribution in [3.05, 3.63) is 41.3 Å². The second-order valence-corrected chi connectivity index (χ2v) is 5.50. The Bertz CT molecular complexity index is 550. The fraction of sp³-hybridized carbons (Fsp3) is 0.438. The third kappa shape index (κ3) is 3.04. The number of nitrogens with zero attached hydrogens (tertiary/aromatic N) is 1. The zero-order chi connectivity index (χ0) is 13.2. The number of aromatic nitrogens is 2. The van der Waals surface area contributed by atoms with Crippen LogP contribution in [0.1, 0.15) is 29.9 Å². The minimum atomic E-state index is 0.771. The van der Waals surface area contributed by atoms with E-state index in [0.717, 1.165) is 36.2 Å². The van der Waals surface area contributed by atoms with Crippen LogP contribution in [0.3, 0.4) is 0 Å². The Labute approximate surface area is 114 Å². The molecule has 0 amide bonds. The standard InChI is InChI=1S/C16H21N3/c1-11-3-5-13(6-4-11)16-12(2)18-15(19-16)9-10-17-14-7-8-14/h3-6,14,17H,7-10H2,1-2H3,(H,18,19). The maximum Gasteiger partial charge on any atom is 0.108 e. The number of H-pyrrole nitrogens is 1. The molecule has 0 aliphatic heterocycles. The average molecular weight is 255 g/mol. The van der Waals surface area contributed by atoms with Gasteiger partial charge in [-0.05, 0) is 26.7 Å². The molecule has 0 saturated heterocycles. The summed E-state index contributed by atoms with van der Waals surface area (Å²) in [6.07, 6.45) is 3.65. The molecule has 0 spiro atoms. The van der Waals surface area contributed by atoms with E-state index in [0.29, 0.717) is 0 Å². The first-order valence-electron chi connectivity index (χ1n) is 7.08. The fourth-order valence-electron chi connectivity index (χ4n) is 2.32. The van der Waals surface area contributed by atoms with Crippen LogP contribution in [0.25, 0.3) is 11.3 Å². The van der Waals surface area contributed by atoms with Crippen LogP contribution in [-0.2, 0) is 6.42 Å². The number of aryl methyl sites for hydroxylation is 2. The van der Waals surface area contributed by atoms with Gasteiger partial charge in [-0.2, -0.15) is 0 Å². The molecule has 1 aromatic carbocycles. The first-order chi connectivity index (χ1) is 9.22. The largest absolute Gasteiger partial charge is 0.346 e. The molecule has 3 rings (SSSR count). The van der Waals surface area contributed by atoms with Gasteiger partial charge in [-0.1, -0.05) is 29.8 Å². The predicted octanol–water partition coefficient (Wildman–Crippen LogP) is 2.99. The van der Waals surface area contributed by atoms with Gasteiger partial charge in [0.2, 0.25) is 0 Å². The second-order valence-electron chi connectivity index (χ2n) is 5.50. The molecule has 1 fully saturated rings. The maximum absolute atomic E-state index is 4.73. The Morgan fingerprint density at radius 1 is 1.21 bits per heavy atom. The van der Waals surface area contributed by atoms with Crippen LogP contribution in [0, 0.1) is 13.8 Å². The number of imidazole rings is 1. The van der Waals surface area contributed by atoms with Crippen molar-refractivity contribution < 1.29 is 0 Å². The lowest BCUT2D eigenvalue weighted by Gasteiger charge is -1.99. The molecule has 1 heterocycles. The topological polar surface area (TPSA) is 40.7 Å². The summed E-state index contributed by atoms with van der Waals surface area (Å²) >= 11 is 0. The number of hydrogen-bond acceptors (Lipinski definition) is 2. The van der Waals surface area contributed by atoms with Gasteiger partial charge < -0.3 is 10.3 Å². The highest BCUT2D eigenvalue weighted by molar-refractivity contribution is 5.62. The van der Waals surface area contributed by atoms with Gasteiger partial charge in [0.25, 0.3) is 0 Å². The van der Waals surface area contributed by atoms with E-state index in [1.54, 1.807) is 0 Å². The lowest BCUT2D eigenvalue weighted by Crippen LogP contribution is -2.19. The van der Waals surface area contributed by atoms with Gasteiger partial charge in [0, 0.05) is 30.3 Å². The van der Waals surface area contributed by atoms with Gasteiger partial charge in [0.1, 0.15) is 5.82 Å². The highest BCUT2D eigenvalue weighted by Gasteiger charge is 2.20. The molecule has 3 heteroatoms. The summed E-state index contributed by atoms with van der Waals surface area (Å²) in [5.74, 6) is 1.08. The number of hydrogen-bond donors (Lipinski definition) is 2. The molecule has 0 unspecified atom stereocenters. The summed E-state index contributed by atoms with van der Waals surface area (Å²) in [5, 5.41) is 3.52. The van der Waals surface area contributed by atoms with Gasteiger partial charge in [0.15, 0.2) is 0 Å². The summed E-state index contributed by atoms with van der Waals surface area (Å²) in [6, 6.07) is 9.33. The lowest BCUT2D eigenvalue weighted by molar-refractivity contribution is 0.669. The van der Waals surface area contributed by atoms with Crippen LogP contribution in [-0.4, -0.2) is 22.6 Å². The monoisotopic (exact) mass is 255 g/mol. The first kappa shape index (κ1) is 12.4. The minimum absolute atomic E-state index is 0.771. The van der Waals surface area contributed by atoms with Crippen molar-refractivity contribution in [3.8, 4) is 11.3 Å². The Morgan fingerprint density at radius 3 is 2.63 bits per heavy atom. The SMILES string of the molecule is Cc1ccc(-c2nc(CCNC3CC3)[nH]c2C)cc1. The molecule has 3 nitrogen and oxygen atoms in total. The molecule has 19 heavy (non-hydrogen) atoms. The molecule has 1 aromatic heterocycles. The third-order valence-electron chi connectivity index (χ3n) is 3.63. The number of rotatable bonds is 5. The van der Waals surface area contributed by atoms with Crippen LogP contribution in [0.4, 0.5) is 0 Å². The van der Waals surface area contributed by atoms with E-state index in [2.05, 4.69) is 48.4 Å². The molecule has 100 valence electrons. The first-order valence-corrected chi connectivity index (χ1v) is 7.08. The number of aromatic amines is 1. The highest BCUT2D eigenvalue weighted by Crippen LogP contribution is 2.22. The van der Waals surface area contributed by atoms with E-state index in [1.165, 1.54) is 24.0 Å². The summed E-state index contributed by atoms with van der Waals surface area (Å²) in [7, 11) is 0. The van der Waals surface area contributed by atoms with E-state index in [4.69, 9.17) is 4.98 Å². The van der Waals surface area contributed by atoms with E-state index < -0.39 is 0 Å². The molecular formula is C16H21N3. The average Bonchev–Trinajstić information content (AvgIpc) is 3.14. The maximum atomic E-state index is 4.73. The lowest BCUT2D eigenvalue weighted by atomic mass is 10.1. The summed E-state index contributed by atoms with van der Waals surface area (Å²) < 4.78 is 0. The van der Waals surface area contributed by atoms with Crippen molar-refractivity contribution in [2.75, 3.05) is 6.54 Å². The van der Waals surface area contributed by atoms with Crippen LogP contribution < -0.4 is 5.32 Å². The van der Waals surface area contributed by atoms with Crippen LogP contribution in [0.2, 0.25) is 0 Å². The molecule has 1 saturated carbocycles. The van der Waals surface area contributed by atoms with Crippen molar-refractivity contribution in [1.29, 1.82) is 0 Å². The van der Waals surface area contributed by atoms with Gasteiger partial charge in [0.05, 0.1) is 5.69 Å². The van der Waals surface area contributed by atoms with E-state index in [1.807, 2.05) is 0 Å². The van der Waals surface area contributed by atoms with Gasteiger partial charge in [-0.25, -0.2) is 4.98 Å². The Hall–Kier alpha value is -1.61. The van der Waals surface area contributed by atoms with Gasteiger partial charge >= 0.3 is 0 Å². The van der Waals surface area contributed by atoms with Crippen molar-refractivity contribution in [2.45, 2.75) is 39.2 Å². The smallest absolute Gasteiger partial charge is 0.108 e. The molecule has 0 atom stereocenters. The Morgan fingerprint density at radius 2 is 1.95 bits per heavy atom. The predicted molar refractivity (Wildman–Crippen MR) is 78.2 cm³/mol. The Kier molecular flexibility index (Phi) is 3.38. The quantitative estimate of drug-likeness (QED) is 0.862. The molecule has 0 radical (unpaired) electrons. The van der Waals surface area contributed by atoms with Gasteiger partial charge in [-0.15, -0.1) is 0 Å². The van der Waals surface area contributed by atoms with Gasteiger partial charge in [-0.3, -0.25) is 0 Å². The molecular weight excluding hydrogens is 234 g/mol. The highest BCUT2D eigenvalue weighted by atomic mass is 15.0. The van der Waals surface area contributed by atoms with Crippen LogP contribution >= 0.6 is 0 Å². The van der Waals surface area contributed by atoms with Crippen molar-refractivity contribution in [3.63, 3.8) is 0 Å². The number of nitrogens with one attached hydrogen (secondary N) is 2. The van der Waals surface area contributed by atoms with Crippen LogP contribution in [0.5, 0.6) is 0 Å². The minimum Gasteiger partial charge on any atom is -0.346 e. The van der Waals surface area contributed by atoms with E-state index in [9.17, 15) is 0 Å². The van der Waals surface area contributed by atoms with Crippen LogP contribution in [0.15, 0.2) is 24.3 Å². The second kappa shape index (κ2) is 5.17. The van der Waals surface area contributed by atoms with E-state index >= 15 is 0 Å². The molecule has 1 aliphatic carbocycles. The van der Waals surface area contributed by atoms with Crippen molar-refractivity contribution in [2.24, 2.45) is 0 Å². The Balaban J connectivity index is 1.70. The zero-order valence-electron chi connectivity index (χ0n) is 11.7.